The molecule has 248 valence electrons. The lowest BCUT2D eigenvalue weighted by Crippen LogP contribution is -2.00. The molecule has 0 atom stereocenters. The third-order valence-corrected chi connectivity index (χ3v) is 10.1. The highest BCUT2D eigenvalue weighted by Crippen LogP contribution is 2.38. The maximum Gasteiger partial charge on any atom is 0.164 e. The predicted octanol–water partition coefficient (Wildman–Crippen LogP) is 11.6. The third-order valence-electron chi connectivity index (χ3n) is 9.60. The van der Waals surface area contributed by atoms with E-state index < -0.39 is 0 Å². The molecule has 0 amide bonds. The van der Waals surface area contributed by atoms with Gasteiger partial charge in [0.2, 0.25) is 0 Å². The highest BCUT2D eigenvalue weighted by Gasteiger charge is 2.17. The minimum atomic E-state index is 0.616. The average molecular weight is 697 g/mol. The molecule has 0 spiro atoms. The van der Waals surface area contributed by atoms with Gasteiger partial charge in [0.15, 0.2) is 17.5 Å². The van der Waals surface area contributed by atoms with Crippen molar-refractivity contribution in [1.82, 2.24) is 28.7 Å². The Labute approximate surface area is 309 Å². The van der Waals surface area contributed by atoms with Crippen LogP contribution in [0.5, 0.6) is 0 Å². The smallest absolute Gasteiger partial charge is 0.164 e. The normalized spacial score (nSPS) is 11.4. The van der Waals surface area contributed by atoms with Crippen LogP contribution in [0.25, 0.3) is 100 Å². The van der Waals surface area contributed by atoms with Gasteiger partial charge in [-0.1, -0.05) is 146 Å². The van der Waals surface area contributed by atoms with Gasteiger partial charge in [-0.25, -0.2) is 19.9 Å². The molecule has 0 saturated heterocycles. The third kappa shape index (κ3) is 5.69. The molecule has 0 aliphatic rings. The Morgan fingerprint density at radius 3 is 1.55 bits per heavy atom. The van der Waals surface area contributed by atoms with Crippen LogP contribution in [-0.4, -0.2) is 28.7 Å². The van der Waals surface area contributed by atoms with Gasteiger partial charge in [-0.15, -0.1) is 0 Å². The largest absolute Gasteiger partial charge is 0.247 e. The molecule has 0 bridgehead atoms. The number of hydrogen-bond donors (Lipinski definition) is 0. The SMILES string of the molecule is c1ccc(-c2cccc(-c3nc(-c4ccccc4)nc(-c4ccc(-c5ccc6c(c5)nc(-c5ccccc5)c5ccc7nsnc7c56)cc4)n3)c2)cc1. The Morgan fingerprint density at radius 1 is 0.321 bits per heavy atom. The van der Waals surface area contributed by atoms with E-state index in [1.165, 1.54) is 11.7 Å². The minimum absolute atomic E-state index is 0.616. The topological polar surface area (TPSA) is 77.3 Å². The first kappa shape index (κ1) is 30.8. The Bertz CT molecular complexity index is 2930. The molecule has 0 aliphatic carbocycles. The number of rotatable bonds is 6. The fourth-order valence-electron chi connectivity index (χ4n) is 6.96. The van der Waals surface area contributed by atoms with Crippen molar-refractivity contribution in [2.24, 2.45) is 0 Å². The predicted molar refractivity (Wildman–Crippen MR) is 216 cm³/mol. The van der Waals surface area contributed by atoms with E-state index in [0.717, 1.165) is 82.9 Å². The van der Waals surface area contributed by atoms with Crippen molar-refractivity contribution in [3.8, 4) is 67.7 Å². The fourth-order valence-corrected chi connectivity index (χ4v) is 7.51. The van der Waals surface area contributed by atoms with E-state index in [-0.39, 0.29) is 0 Å². The summed E-state index contributed by atoms with van der Waals surface area (Å²) in [6, 6.07) is 58.2. The van der Waals surface area contributed by atoms with Crippen molar-refractivity contribution in [1.29, 1.82) is 0 Å². The van der Waals surface area contributed by atoms with Crippen LogP contribution >= 0.6 is 11.7 Å². The van der Waals surface area contributed by atoms with Gasteiger partial charge >= 0.3 is 0 Å². The Balaban J connectivity index is 1.07. The van der Waals surface area contributed by atoms with Gasteiger partial charge in [0, 0.05) is 38.4 Å². The van der Waals surface area contributed by atoms with Crippen molar-refractivity contribution >= 4 is 44.4 Å². The molecule has 0 aliphatic heterocycles. The number of aromatic nitrogens is 6. The number of nitrogens with zero attached hydrogens (tertiary/aromatic N) is 6. The summed E-state index contributed by atoms with van der Waals surface area (Å²) in [6.45, 7) is 0. The molecule has 0 fully saturated rings. The maximum atomic E-state index is 5.25. The number of hydrogen-bond acceptors (Lipinski definition) is 7. The van der Waals surface area contributed by atoms with Crippen LogP contribution in [0.2, 0.25) is 0 Å². The monoisotopic (exact) mass is 696 g/mol. The van der Waals surface area contributed by atoms with Gasteiger partial charge in [-0.05, 0) is 46.5 Å². The van der Waals surface area contributed by atoms with Crippen LogP contribution in [0.4, 0.5) is 0 Å². The lowest BCUT2D eigenvalue weighted by atomic mass is 9.96. The van der Waals surface area contributed by atoms with Gasteiger partial charge in [0.1, 0.15) is 11.0 Å². The van der Waals surface area contributed by atoms with Gasteiger partial charge in [-0.3, -0.25) is 0 Å². The molecule has 0 N–H and O–H groups in total. The van der Waals surface area contributed by atoms with E-state index in [2.05, 4.69) is 114 Å². The fraction of sp³-hybridized carbons (Fsp3) is 0. The minimum Gasteiger partial charge on any atom is -0.247 e. The lowest BCUT2D eigenvalue weighted by molar-refractivity contribution is 1.07. The van der Waals surface area contributed by atoms with Crippen LogP contribution < -0.4 is 0 Å². The number of fused-ring (bicyclic) bond motifs is 5. The molecule has 3 aromatic heterocycles. The quantitative estimate of drug-likeness (QED) is 0.161. The first-order valence-corrected chi connectivity index (χ1v) is 18.1. The highest BCUT2D eigenvalue weighted by atomic mass is 32.1. The van der Waals surface area contributed by atoms with E-state index in [0.29, 0.717) is 17.5 Å². The van der Waals surface area contributed by atoms with Crippen LogP contribution in [0.1, 0.15) is 0 Å². The first-order valence-electron chi connectivity index (χ1n) is 17.4. The zero-order chi connectivity index (χ0) is 35.1. The van der Waals surface area contributed by atoms with Crippen molar-refractivity contribution in [2.45, 2.75) is 0 Å². The van der Waals surface area contributed by atoms with E-state index in [9.17, 15) is 0 Å². The summed E-state index contributed by atoms with van der Waals surface area (Å²) < 4.78 is 9.24. The second-order valence-electron chi connectivity index (χ2n) is 12.9. The number of benzene rings is 7. The highest BCUT2D eigenvalue weighted by molar-refractivity contribution is 7.00. The first-order chi connectivity index (χ1) is 26.2. The van der Waals surface area contributed by atoms with Crippen molar-refractivity contribution < 1.29 is 0 Å². The number of pyridine rings is 1. The van der Waals surface area contributed by atoms with Crippen LogP contribution in [0.15, 0.2) is 170 Å². The van der Waals surface area contributed by atoms with Gasteiger partial charge in [-0.2, -0.15) is 8.75 Å². The molecule has 10 rings (SSSR count). The van der Waals surface area contributed by atoms with E-state index in [1.807, 2.05) is 60.7 Å². The van der Waals surface area contributed by atoms with Crippen LogP contribution in [0, 0.1) is 0 Å². The summed E-state index contributed by atoms with van der Waals surface area (Å²) in [4.78, 5) is 20.2. The Hall–Kier alpha value is -6.96. The van der Waals surface area contributed by atoms with E-state index >= 15 is 0 Å². The molecule has 0 radical (unpaired) electrons. The molecule has 53 heavy (non-hydrogen) atoms. The molecule has 10 aromatic rings. The van der Waals surface area contributed by atoms with Crippen molar-refractivity contribution in [2.75, 3.05) is 0 Å². The Morgan fingerprint density at radius 2 is 0.830 bits per heavy atom. The molecule has 7 heteroatoms. The summed E-state index contributed by atoms with van der Waals surface area (Å²) in [5, 5.41) is 3.20. The van der Waals surface area contributed by atoms with Crippen LogP contribution in [0.3, 0.4) is 0 Å². The average Bonchev–Trinajstić information content (AvgIpc) is 3.74. The second-order valence-corrected chi connectivity index (χ2v) is 13.4. The zero-order valence-corrected chi connectivity index (χ0v) is 29.1. The van der Waals surface area contributed by atoms with E-state index in [4.69, 9.17) is 24.3 Å². The van der Waals surface area contributed by atoms with Gasteiger partial charge in [0.25, 0.3) is 0 Å². The van der Waals surface area contributed by atoms with Gasteiger partial charge in [0.05, 0.1) is 22.9 Å². The maximum absolute atomic E-state index is 5.25. The molecule has 0 unspecified atom stereocenters. The zero-order valence-electron chi connectivity index (χ0n) is 28.3. The standard InChI is InChI=1S/C46H28N6S/c1-4-11-29(12-5-1)34-17-10-18-36(27-34)46-49-44(32-15-8-3-9-16-32)48-45(50-46)33-21-19-30(20-22-33)35-23-24-37-40(28-35)47-42(31-13-6-2-7-14-31)38-25-26-39-43(41(37)38)52-53-51-39/h1-28H. The lowest BCUT2D eigenvalue weighted by Gasteiger charge is -2.12. The summed E-state index contributed by atoms with van der Waals surface area (Å²) in [5.74, 6) is 1.87. The molecular weight excluding hydrogens is 669 g/mol. The molecule has 6 nitrogen and oxygen atoms in total. The molecule has 0 saturated carbocycles. The molecule has 3 heterocycles. The van der Waals surface area contributed by atoms with Crippen LogP contribution in [-0.2, 0) is 0 Å². The molecular formula is C46H28N6S. The van der Waals surface area contributed by atoms with Crippen molar-refractivity contribution in [3.63, 3.8) is 0 Å². The summed E-state index contributed by atoms with van der Waals surface area (Å²) in [5.41, 5.74) is 11.9. The van der Waals surface area contributed by atoms with E-state index in [1.54, 1.807) is 0 Å². The summed E-state index contributed by atoms with van der Waals surface area (Å²) >= 11 is 1.24. The summed E-state index contributed by atoms with van der Waals surface area (Å²) in [6.07, 6.45) is 0. The van der Waals surface area contributed by atoms with Gasteiger partial charge < -0.3 is 0 Å². The summed E-state index contributed by atoms with van der Waals surface area (Å²) in [7, 11) is 0. The second kappa shape index (κ2) is 13.0. The Kier molecular flexibility index (Phi) is 7.55. The van der Waals surface area contributed by atoms with Crippen molar-refractivity contribution in [3.05, 3.63) is 170 Å². The molecule has 7 aromatic carbocycles.